The van der Waals surface area contributed by atoms with Gasteiger partial charge in [0.2, 0.25) is 5.91 Å². The van der Waals surface area contributed by atoms with E-state index >= 15 is 0 Å². The largest absolute Gasteiger partial charge is 0.495 e. The predicted octanol–water partition coefficient (Wildman–Crippen LogP) is 7.29. The molecule has 3 aliphatic heterocycles. The minimum atomic E-state index is -0.725. The SMILES string of the molecule is COc1cc2c(cc1Nc1ncnc3sc4c(c13)CC[C@H](C(=O)N1CCOC[C@@H]1C)C4)C=NC2.COc1cc2c(cc1Nc1ncnc3sc4c(c13)CC[C@H](C(=O)O)C4)C=NC2. The van der Waals surface area contributed by atoms with Crippen LogP contribution in [0.1, 0.15) is 62.9 Å². The van der Waals surface area contributed by atoms with E-state index in [2.05, 4.69) is 53.5 Å². The molecule has 3 atom stereocenters. The summed E-state index contributed by atoms with van der Waals surface area (Å²) >= 11 is 3.25. The van der Waals surface area contributed by atoms with Crippen LogP contribution < -0.4 is 20.1 Å². The molecule has 17 heteroatoms. The van der Waals surface area contributed by atoms with E-state index in [1.54, 1.807) is 49.5 Å². The molecule has 1 amide bonds. The van der Waals surface area contributed by atoms with E-state index < -0.39 is 5.97 Å². The Balaban J connectivity index is 0.000000151. The van der Waals surface area contributed by atoms with Crippen LogP contribution in [-0.2, 0) is 53.1 Å². The maximum Gasteiger partial charge on any atom is 0.306 e. The topological polar surface area (TPSA) is 186 Å². The van der Waals surface area contributed by atoms with E-state index in [-0.39, 0.29) is 23.8 Å². The zero-order chi connectivity index (χ0) is 42.5. The average Bonchev–Trinajstić information content (AvgIpc) is 4.10. The number of morpholine rings is 1. The molecule has 62 heavy (non-hydrogen) atoms. The maximum absolute atomic E-state index is 13.3. The lowest BCUT2D eigenvalue weighted by atomic mass is 9.86. The monoisotopic (exact) mass is 871 g/mol. The minimum Gasteiger partial charge on any atom is -0.495 e. The van der Waals surface area contributed by atoms with Gasteiger partial charge in [-0.1, -0.05) is 0 Å². The lowest BCUT2D eigenvalue weighted by Crippen LogP contribution is -2.50. The standard InChI is InChI=1S/C25H27N5O3S.C20H18N4O3S/c1-14-12-33-6-5-30(14)25(31)15-3-4-18-21(9-15)34-24-22(18)23(27-13-28-24)29-19-7-16-10-26-11-17(16)8-20(19)32-2;1-27-15-5-12-8-21-7-11(12)4-14(15)24-18-17-13-3-2-10(20(25)26)6-16(13)28-19(17)23-9-22-18/h7-8,10,13-15H,3-6,9,11-12H2,1-2H3,(H,27,28,29);4-5,7,9-10H,2-3,6,8H2,1H3,(H,25,26)(H,22,23,24)/t14-,15-;10-/m00/s1. The predicted molar refractivity (Wildman–Crippen MR) is 241 cm³/mol. The molecule has 6 aromatic rings. The van der Waals surface area contributed by atoms with Crippen molar-refractivity contribution in [2.75, 3.05) is 44.6 Å². The zero-order valence-electron chi connectivity index (χ0n) is 34.6. The van der Waals surface area contributed by atoms with E-state index in [1.165, 1.54) is 16.0 Å². The molecule has 1 saturated heterocycles. The molecular weight excluding hydrogens is 827 g/mol. The molecule has 2 aromatic carbocycles. The fraction of sp³-hybridized carbons (Fsp3) is 0.378. The molecular formula is C45H45N9O6S2. The summed E-state index contributed by atoms with van der Waals surface area (Å²) in [6, 6.07) is 8.27. The Bertz CT molecular complexity index is 2820. The lowest BCUT2D eigenvalue weighted by Gasteiger charge is -2.36. The van der Waals surface area contributed by atoms with E-state index in [0.29, 0.717) is 45.7 Å². The van der Waals surface area contributed by atoms with Gasteiger partial charge in [-0.25, -0.2) is 19.9 Å². The highest BCUT2D eigenvalue weighted by Gasteiger charge is 2.35. The van der Waals surface area contributed by atoms with Crippen LogP contribution in [0.5, 0.6) is 11.5 Å². The van der Waals surface area contributed by atoms with Crippen LogP contribution in [-0.4, -0.2) is 94.3 Å². The number of hydrogen-bond acceptors (Lipinski definition) is 15. The summed E-state index contributed by atoms with van der Waals surface area (Å²) in [7, 11) is 3.33. The smallest absolute Gasteiger partial charge is 0.306 e. The van der Waals surface area contributed by atoms with Crippen molar-refractivity contribution in [1.82, 2.24) is 24.8 Å². The number of benzene rings is 2. The van der Waals surface area contributed by atoms with Gasteiger partial charge >= 0.3 is 5.97 Å². The highest BCUT2D eigenvalue weighted by atomic mass is 32.1. The van der Waals surface area contributed by atoms with E-state index in [4.69, 9.17) is 14.2 Å². The summed E-state index contributed by atoms with van der Waals surface area (Å²) in [5, 5.41) is 18.3. The van der Waals surface area contributed by atoms with Crippen molar-refractivity contribution >= 4 is 90.4 Å². The number of aliphatic carboxylic acids is 1. The number of nitrogens with zero attached hydrogens (tertiary/aromatic N) is 7. The summed E-state index contributed by atoms with van der Waals surface area (Å²) in [5.41, 5.74) is 8.60. The normalized spacial score (nSPS) is 19.6. The van der Waals surface area contributed by atoms with Crippen LogP contribution in [0.3, 0.4) is 0 Å². The van der Waals surface area contributed by atoms with Crippen molar-refractivity contribution in [2.24, 2.45) is 21.8 Å². The number of rotatable bonds is 8. The molecule has 3 N–H and O–H groups in total. The van der Waals surface area contributed by atoms with Crippen LogP contribution in [0.2, 0.25) is 0 Å². The Kier molecular flexibility index (Phi) is 10.8. The average molecular weight is 872 g/mol. The third kappa shape index (κ3) is 7.41. The molecule has 0 spiro atoms. The van der Waals surface area contributed by atoms with Crippen molar-refractivity contribution in [1.29, 1.82) is 0 Å². The lowest BCUT2D eigenvalue weighted by molar-refractivity contribution is -0.144. The van der Waals surface area contributed by atoms with Gasteiger partial charge in [-0.15, -0.1) is 22.7 Å². The van der Waals surface area contributed by atoms with Crippen molar-refractivity contribution in [3.8, 4) is 11.5 Å². The fourth-order valence-electron chi connectivity index (χ4n) is 9.19. The first-order chi connectivity index (χ1) is 30.3. The van der Waals surface area contributed by atoms with Gasteiger partial charge in [0.25, 0.3) is 0 Å². The summed E-state index contributed by atoms with van der Waals surface area (Å²) in [6.45, 7) is 5.35. The number of methoxy groups -OCH3 is 2. The van der Waals surface area contributed by atoms with Crippen molar-refractivity contribution < 1.29 is 28.9 Å². The number of carbonyl (C=O) groups is 2. The van der Waals surface area contributed by atoms with Gasteiger partial charge < -0.3 is 34.9 Å². The number of anilines is 4. The van der Waals surface area contributed by atoms with Crippen molar-refractivity contribution in [3.63, 3.8) is 0 Å². The van der Waals surface area contributed by atoms with Gasteiger partial charge in [0, 0.05) is 34.6 Å². The molecule has 0 unspecified atom stereocenters. The second-order valence-electron chi connectivity index (χ2n) is 16.2. The van der Waals surface area contributed by atoms with Gasteiger partial charge in [-0.05, 0) is 103 Å². The Morgan fingerprint density at radius 2 is 1.31 bits per heavy atom. The number of aliphatic imine (C=N–C) groups is 2. The van der Waals surface area contributed by atoms with Crippen LogP contribution >= 0.6 is 22.7 Å². The minimum absolute atomic E-state index is 0.0153. The highest BCUT2D eigenvalue weighted by Crippen LogP contribution is 2.44. The number of carboxylic acids is 1. The third-order valence-electron chi connectivity index (χ3n) is 12.5. The molecule has 15 nitrogen and oxygen atoms in total. The van der Waals surface area contributed by atoms with E-state index in [0.717, 1.165) is 108 Å². The first-order valence-corrected chi connectivity index (χ1v) is 22.5. The summed E-state index contributed by atoms with van der Waals surface area (Å²) in [4.78, 5) is 57.6. The van der Waals surface area contributed by atoms with Crippen LogP contribution in [0.15, 0.2) is 46.9 Å². The van der Waals surface area contributed by atoms with Gasteiger partial charge in [-0.2, -0.15) is 0 Å². The van der Waals surface area contributed by atoms with Gasteiger partial charge in [0.15, 0.2) is 0 Å². The number of ether oxygens (including phenoxy) is 3. The second-order valence-corrected chi connectivity index (χ2v) is 18.3. The summed E-state index contributed by atoms with van der Waals surface area (Å²) in [5.74, 6) is 2.25. The van der Waals surface area contributed by atoms with Crippen LogP contribution in [0.4, 0.5) is 23.0 Å². The molecule has 318 valence electrons. The molecule has 0 saturated carbocycles. The summed E-state index contributed by atoms with van der Waals surface area (Å²) in [6.07, 6.45) is 11.3. The molecule has 1 fully saturated rings. The van der Waals surface area contributed by atoms with Crippen LogP contribution in [0.25, 0.3) is 20.4 Å². The number of hydrogen-bond donors (Lipinski definition) is 3. The highest BCUT2D eigenvalue weighted by molar-refractivity contribution is 7.19. The van der Waals surface area contributed by atoms with Gasteiger partial charge in [0.05, 0.1) is 74.6 Å². The number of fused-ring (bicyclic) bond motifs is 8. The zero-order valence-corrected chi connectivity index (χ0v) is 36.2. The molecule has 2 aliphatic carbocycles. The van der Waals surface area contributed by atoms with Crippen LogP contribution in [0, 0.1) is 11.8 Å². The molecule has 0 radical (unpaired) electrons. The van der Waals surface area contributed by atoms with Crippen molar-refractivity contribution in [3.05, 3.63) is 80.1 Å². The first-order valence-electron chi connectivity index (χ1n) is 20.8. The maximum atomic E-state index is 13.3. The molecule has 7 heterocycles. The fourth-order valence-corrected chi connectivity index (χ4v) is 11.7. The number of nitrogens with one attached hydrogen (secondary N) is 2. The molecule has 4 aromatic heterocycles. The number of thiophene rings is 2. The molecule has 11 rings (SSSR count). The van der Waals surface area contributed by atoms with E-state index in [1.807, 2.05) is 35.5 Å². The quantitative estimate of drug-likeness (QED) is 0.139. The molecule has 5 aliphatic rings. The second kappa shape index (κ2) is 16.7. The Morgan fingerprint density at radius 3 is 1.82 bits per heavy atom. The summed E-state index contributed by atoms with van der Waals surface area (Å²) < 4.78 is 16.7. The Labute approximate surface area is 365 Å². The number of carbonyl (C=O) groups excluding carboxylic acids is 1. The number of carboxylic acid groups (broad SMARTS) is 1. The van der Waals surface area contributed by atoms with Gasteiger partial charge in [0.1, 0.15) is 45.5 Å². The Morgan fingerprint density at radius 1 is 0.774 bits per heavy atom. The van der Waals surface area contributed by atoms with Crippen molar-refractivity contribution in [2.45, 2.75) is 64.6 Å². The number of aromatic nitrogens is 4. The third-order valence-corrected chi connectivity index (χ3v) is 14.8. The first kappa shape index (κ1) is 40.1. The number of aryl methyl sites for hydroxylation is 2. The Hall–Kier alpha value is -6.04. The number of amides is 1. The van der Waals surface area contributed by atoms with E-state index in [9.17, 15) is 14.7 Å². The van der Waals surface area contributed by atoms with Gasteiger partial charge in [-0.3, -0.25) is 19.6 Å². The molecule has 0 bridgehead atoms.